The molecule has 1 aromatic rings. The normalized spacial score (nSPS) is 12.8. The van der Waals surface area contributed by atoms with E-state index in [-0.39, 0.29) is 35.8 Å². The number of aliphatic imine (C=N–C) groups is 1. The molecule has 1 atom stereocenters. The highest BCUT2D eigenvalue weighted by Gasteiger charge is 2.10. The number of halogens is 1. The molecule has 0 radical (unpaired) electrons. The number of benzene rings is 1. The highest BCUT2D eigenvalue weighted by molar-refractivity contribution is 14.0. The summed E-state index contributed by atoms with van der Waals surface area (Å²) in [7, 11) is 1.91. The molecule has 0 heterocycles. The van der Waals surface area contributed by atoms with E-state index in [2.05, 4.69) is 15.6 Å². The minimum Gasteiger partial charge on any atom is -0.493 e. The molecule has 0 aliphatic heterocycles. The van der Waals surface area contributed by atoms with Crippen LogP contribution in [0, 0.1) is 0 Å². The van der Waals surface area contributed by atoms with Crippen LogP contribution < -0.4 is 20.1 Å². The fourth-order valence-electron chi connectivity index (χ4n) is 2.07. The van der Waals surface area contributed by atoms with Crippen LogP contribution in [0.15, 0.2) is 23.2 Å². The molecule has 0 aromatic heterocycles. The molecule has 0 saturated carbocycles. The van der Waals surface area contributed by atoms with Crippen molar-refractivity contribution in [2.24, 2.45) is 4.99 Å². The van der Waals surface area contributed by atoms with Crippen LogP contribution in [0.1, 0.15) is 18.9 Å². The van der Waals surface area contributed by atoms with Crippen LogP contribution in [0.4, 0.5) is 0 Å². The van der Waals surface area contributed by atoms with Gasteiger partial charge in [-0.3, -0.25) is 4.99 Å². The molecule has 0 amide bonds. The maximum Gasteiger partial charge on any atom is 0.191 e. The Hall–Kier alpha value is -1.23. The van der Waals surface area contributed by atoms with E-state index in [0.29, 0.717) is 30.4 Å². The predicted molar refractivity (Wildman–Crippen MR) is 112 cm³/mol. The Bertz CT molecular complexity index is 665. The number of hydrogen-bond acceptors (Lipinski definition) is 5. The molecule has 1 unspecified atom stereocenters. The maximum atomic E-state index is 11.2. The van der Waals surface area contributed by atoms with Gasteiger partial charge in [0.05, 0.1) is 20.0 Å². The molecule has 144 valence electrons. The number of nitrogens with one attached hydrogen (secondary N) is 2. The first-order chi connectivity index (χ1) is 11.3. The van der Waals surface area contributed by atoms with Gasteiger partial charge in [0.2, 0.25) is 0 Å². The average Bonchev–Trinajstić information content (AvgIpc) is 2.55. The maximum absolute atomic E-state index is 11.2. The second kappa shape index (κ2) is 11.4. The average molecular weight is 485 g/mol. The molecule has 1 aromatic carbocycles. The lowest BCUT2D eigenvalue weighted by Crippen LogP contribution is -2.42. The Morgan fingerprint density at radius 1 is 1.24 bits per heavy atom. The third-order valence-corrected chi connectivity index (χ3v) is 4.41. The van der Waals surface area contributed by atoms with Crippen molar-refractivity contribution in [3.05, 3.63) is 23.8 Å². The molecule has 0 aliphatic rings. The lowest BCUT2D eigenvalue weighted by Gasteiger charge is -2.18. The van der Waals surface area contributed by atoms with Crippen LogP contribution in [-0.2, 0) is 16.4 Å². The Kier molecular flexibility index (Phi) is 10.8. The summed E-state index contributed by atoms with van der Waals surface area (Å²) in [6.07, 6.45) is 1.76. The van der Waals surface area contributed by atoms with Crippen molar-refractivity contribution >= 4 is 39.8 Å². The lowest BCUT2D eigenvalue weighted by molar-refractivity contribution is 0.354. The molecule has 0 bridgehead atoms. The number of nitrogens with zero attached hydrogens (tertiary/aromatic N) is 1. The lowest BCUT2D eigenvalue weighted by atomic mass is 10.2. The quantitative estimate of drug-likeness (QED) is 0.332. The molecule has 2 N–H and O–H groups in total. The summed E-state index contributed by atoms with van der Waals surface area (Å²) in [5.41, 5.74) is 1.01. The van der Waals surface area contributed by atoms with E-state index in [0.717, 1.165) is 5.56 Å². The summed E-state index contributed by atoms with van der Waals surface area (Å²) >= 11 is 0. The van der Waals surface area contributed by atoms with Crippen molar-refractivity contribution in [1.82, 2.24) is 10.6 Å². The topological polar surface area (TPSA) is 89.0 Å². The molecule has 7 nitrogen and oxygen atoms in total. The van der Waals surface area contributed by atoms with E-state index in [1.165, 1.54) is 6.26 Å². The first-order valence-electron chi connectivity index (χ1n) is 7.65. The molecule has 0 spiro atoms. The zero-order valence-electron chi connectivity index (χ0n) is 15.3. The van der Waals surface area contributed by atoms with Gasteiger partial charge < -0.3 is 20.1 Å². The fraction of sp³-hybridized carbons (Fsp3) is 0.562. The number of ether oxygens (including phenoxy) is 2. The predicted octanol–water partition coefficient (Wildman–Crippen LogP) is 1.81. The van der Waals surface area contributed by atoms with E-state index in [4.69, 9.17) is 9.47 Å². The van der Waals surface area contributed by atoms with Gasteiger partial charge in [0.1, 0.15) is 9.84 Å². The van der Waals surface area contributed by atoms with E-state index in [1.807, 2.05) is 25.1 Å². The van der Waals surface area contributed by atoms with E-state index in [9.17, 15) is 8.42 Å². The van der Waals surface area contributed by atoms with Crippen LogP contribution in [-0.4, -0.2) is 53.7 Å². The first-order valence-corrected chi connectivity index (χ1v) is 9.71. The van der Waals surface area contributed by atoms with Crippen molar-refractivity contribution in [2.45, 2.75) is 25.9 Å². The Morgan fingerprint density at radius 2 is 1.88 bits per heavy atom. The summed E-state index contributed by atoms with van der Waals surface area (Å²) in [5.74, 6) is 2.11. The summed E-state index contributed by atoms with van der Waals surface area (Å²) in [6.45, 7) is 2.48. The Labute approximate surface area is 167 Å². The zero-order chi connectivity index (χ0) is 18.2. The third-order valence-electron chi connectivity index (χ3n) is 3.44. The largest absolute Gasteiger partial charge is 0.493 e. The first kappa shape index (κ1) is 23.8. The van der Waals surface area contributed by atoms with Crippen LogP contribution in [0.3, 0.4) is 0 Å². The summed E-state index contributed by atoms with van der Waals surface area (Å²) in [4.78, 5) is 4.15. The van der Waals surface area contributed by atoms with Crippen molar-refractivity contribution in [1.29, 1.82) is 0 Å². The standard InChI is InChI=1S/C16H27N3O4S.HI/c1-12(8-9-24(5,20)21)19-16(17-2)18-11-13-6-7-14(22-3)15(10-13)23-4;/h6-7,10,12H,8-9,11H2,1-5H3,(H2,17,18,19);1H. The zero-order valence-corrected chi connectivity index (χ0v) is 18.5. The molecule has 0 saturated heterocycles. The van der Waals surface area contributed by atoms with Crippen molar-refractivity contribution in [2.75, 3.05) is 33.3 Å². The third kappa shape index (κ3) is 9.15. The molecular formula is C16H28IN3O4S. The SMILES string of the molecule is CN=C(NCc1ccc(OC)c(OC)c1)NC(C)CCS(C)(=O)=O.I. The van der Waals surface area contributed by atoms with Gasteiger partial charge in [-0.2, -0.15) is 0 Å². The van der Waals surface area contributed by atoms with E-state index < -0.39 is 9.84 Å². The monoisotopic (exact) mass is 485 g/mol. The van der Waals surface area contributed by atoms with Gasteiger partial charge in [0.15, 0.2) is 17.5 Å². The van der Waals surface area contributed by atoms with Gasteiger partial charge in [-0.05, 0) is 31.0 Å². The highest BCUT2D eigenvalue weighted by atomic mass is 127. The van der Waals surface area contributed by atoms with Crippen molar-refractivity contribution < 1.29 is 17.9 Å². The van der Waals surface area contributed by atoms with Gasteiger partial charge in [0, 0.05) is 25.9 Å². The summed E-state index contributed by atoms with van der Waals surface area (Å²) in [6, 6.07) is 5.68. The Balaban J connectivity index is 0.00000576. The van der Waals surface area contributed by atoms with Crippen LogP contribution in [0.25, 0.3) is 0 Å². The van der Waals surface area contributed by atoms with Gasteiger partial charge in [0.25, 0.3) is 0 Å². The molecule has 0 aliphatic carbocycles. The second-order valence-electron chi connectivity index (χ2n) is 5.58. The number of sulfone groups is 1. The van der Waals surface area contributed by atoms with Crippen LogP contribution in [0.2, 0.25) is 0 Å². The smallest absolute Gasteiger partial charge is 0.191 e. The molecule has 25 heavy (non-hydrogen) atoms. The second-order valence-corrected chi connectivity index (χ2v) is 7.84. The van der Waals surface area contributed by atoms with Gasteiger partial charge in [-0.1, -0.05) is 6.07 Å². The molecule has 0 fully saturated rings. The Morgan fingerprint density at radius 3 is 2.40 bits per heavy atom. The number of methoxy groups -OCH3 is 2. The van der Waals surface area contributed by atoms with E-state index >= 15 is 0 Å². The van der Waals surface area contributed by atoms with Crippen LogP contribution >= 0.6 is 24.0 Å². The summed E-state index contributed by atoms with van der Waals surface area (Å²) in [5, 5.41) is 6.37. The van der Waals surface area contributed by atoms with Crippen LogP contribution in [0.5, 0.6) is 11.5 Å². The van der Waals surface area contributed by atoms with Gasteiger partial charge in [-0.25, -0.2) is 8.42 Å². The fourth-order valence-corrected chi connectivity index (χ4v) is 2.85. The minimum absolute atomic E-state index is 0. The van der Waals surface area contributed by atoms with Gasteiger partial charge >= 0.3 is 0 Å². The highest BCUT2D eigenvalue weighted by Crippen LogP contribution is 2.27. The molecular weight excluding hydrogens is 457 g/mol. The van der Waals surface area contributed by atoms with Gasteiger partial charge in [-0.15, -0.1) is 24.0 Å². The molecule has 9 heteroatoms. The number of guanidine groups is 1. The minimum atomic E-state index is -2.96. The van der Waals surface area contributed by atoms with Crippen molar-refractivity contribution in [3.8, 4) is 11.5 Å². The number of hydrogen-bond donors (Lipinski definition) is 2. The van der Waals surface area contributed by atoms with Crippen molar-refractivity contribution in [3.63, 3.8) is 0 Å². The van der Waals surface area contributed by atoms with E-state index in [1.54, 1.807) is 21.3 Å². The summed E-state index contributed by atoms with van der Waals surface area (Å²) < 4.78 is 32.9. The molecule has 1 rings (SSSR count). The number of rotatable bonds is 8.